The van der Waals surface area contributed by atoms with Gasteiger partial charge in [0.05, 0.1) is 0 Å². The van der Waals surface area contributed by atoms with Crippen LogP contribution in [0.15, 0.2) is 0 Å². The zero-order valence-electron chi connectivity index (χ0n) is 7.68. The third-order valence-electron chi connectivity index (χ3n) is 3.85. The molecule has 2 rings (SSSR count). The molecule has 0 heterocycles. The predicted molar refractivity (Wildman–Crippen MR) is 48.5 cm³/mol. The first kappa shape index (κ1) is 7.64. The van der Waals surface area contributed by atoms with E-state index in [2.05, 4.69) is 6.92 Å². The summed E-state index contributed by atoms with van der Waals surface area (Å²) in [5.74, 6) is 3.42. The minimum atomic E-state index is 1.12. The molecule has 0 spiro atoms. The molecule has 0 N–H and O–H groups in total. The van der Waals surface area contributed by atoms with E-state index in [9.17, 15) is 0 Å². The Kier molecular flexibility index (Phi) is 2.20. The Labute approximate surface area is 70.4 Å². The summed E-state index contributed by atoms with van der Waals surface area (Å²) in [6.07, 6.45) is 10.7. The van der Waals surface area contributed by atoms with Crippen molar-refractivity contribution in [2.75, 3.05) is 0 Å². The quantitative estimate of drug-likeness (QED) is 0.567. The Bertz CT molecular complexity index is 128. The molecule has 3 atom stereocenters. The van der Waals surface area contributed by atoms with Crippen molar-refractivity contribution in [1.29, 1.82) is 0 Å². The molecule has 3 unspecified atom stereocenters. The molecule has 11 heavy (non-hydrogen) atoms. The SMILES string of the molecule is CCCC1CCC2CCC1C2. The van der Waals surface area contributed by atoms with Crippen molar-refractivity contribution in [2.24, 2.45) is 17.8 Å². The molecule has 0 amide bonds. The van der Waals surface area contributed by atoms with Gasteiger partial charge in [0.2, 0.25) is 0 Å². The van der Waals surface area contributed by atoms with Crippen LogP contribution in [-0.4, -0.2) is 0 Å². The van der Waals surface area contributed by atoms with Gasteiger partial charge < -0.3 is 0 Å². The zero-order valence-corrected chi connectivity index (χ0v) is 7.68. The average molecular weight is 152 g/mol. The Morgan fingerprint density at radius 1 is 1.09 bits per heavy atom. The fourth-order valence-corrected chi connectivity index (χ4v) is 3.24. The molecule has 0 aromatic carbocycles. The molecule has 0 aliphatic heterocycles. The van der Waals surface area contributed by atoms with Crippen LogP contribution in [-0.2, 0) is 0 Å². The average Bonchev–Trinajstić information content (AvgIpc) is 2.40. The van der Waals surface area contributed by atoms with E-state index in [1.54, 1.807) is 32.1 Å². The molecule has 2 saturated carbocycles. The molecule has 0 aromatic heterocycles. The molecule has 0 saturated heterocycles. The molecule has 2 fully saturated rings. The van der Waals surface area contributed by atoms with Crippen LogP contribution >= 0.6 is 0 Å². The van der Waals surface area contributed by atoms with E-state index in [1.165, 1.54) is 12.8 Å². The minimum Gasteiger partial charge on any atom is -0.0654 e. The van der Waals surface area contributed by atoms with E-state index in [-0.39, 0.29) is 0 Å². The van der Waals surface area contributed by atoms with E-state index in [0.717, 1.165) is 17.8 Å². The molecule has 0 nitrogen and oxygen atoms in total. The molecule has 2 aliphatic rings. The highest BCUT2D eigenvalue weighted by Gasteiger charge is 2.34. The highest BCUT2D eigenvalue weighted by atomic mass is 14.4. The summed E-state index contributed by atoms with van der Waals surface area (Å²) in [7, 11) is 0. The highest BCUT2D eigenvalue weighted by molar-refractivity contribution is 4.85. The van der Waals surface area contributed by atoms with Crippen LogP contribution in [0.25, 0.3) is 0 Å². The van der Waals surface area contributed by atoms with Crippen LogP contribution in [0.1, 0.15) is 51.9 Å². The van der Waals surface area contributed by atoms with Gasteiger partial charge in [0.25, 0.3) is 0 Å². The Balaban J connectivity index is 1.91. The van der Waals surface area contributed by atoms with Crippen LogP contribution in [0.3, 0.4) is 0 Å². The lowest BCUT2D eigenvalue weighted by Gasteiger charge is -2.28. The number of hydrogen-bond donors (Lipinski definition) is 0. The van der Waals surface area contributed by atoms with E-state index in [1.807, 2.05) is 0 Å². The first-order valence-electron chi connectivity index (χ1n) is 5.40. The summed E-state index contributed by atoms with van der Waals surface area (Å²) < 4.78 is 0. The lowest BCUT2D eigenvalue weighted by molar-refractivity contribution is 0.232. The standard InChI is InChI=1S/C11H20/c1-2-3-10-6-4-9-5-7-11(10)8-9/h9-11H,2-8H2,1H3. The molecular formula is C11H20. The van der Waals surface area contributed by atoms with Crippen molar-refractivity contribution in [2.45, 2.75) is 51.9 Å². The van der Waals surface area contributed by atoms with Gasteiger partial charge in [-0.25, -0.2) is 0 Å². The highest BCUT2D eigenvalue weighted by Crippen LogP contribution is 2.46. The fourth-order valence-electron chi connectivity index (χ4n) is 3.24. The molecule has 0 radical (unpaired) electrons. The van der Waals surface area contributed by atoms with Gasteiger partial charge in [-0.2, -0.15) is 0 Å². The number of rotatable bonds is 2. The molecule has 2 aliphatic carbocycles. The summed E-state index contributed by atoms with van der Waals surface area (Å²) in [5, 5.41) is 0. The molecular weight excluding hydrogens is 132 g/mol. The Morgan fingerprint density at radius 3 is 2.73 bits per heavy atom. The topological polar surface area (TPSA) is 0 Å². The van der Waals surface area contributed by atoms with Gasteiger partial charge in [0.1, 0.15) is 0 Å². The summed E-state index contributed by atoms with van der Waals surface area (Å²) in [6.45, 7) is 2.33. The van der Waals surface area contributed by atoms with Crippen LogP contribution < -0.4 is 0 Å². The van der Waals surface area contributed by atoms with Crippen LogP contribution in [0.2, 0.25) is 0 Å². The Hall–Kier alpha value is 0. The molecule has 2 bridgehead atoms. The summed E-state index contributed by atoms with van der Waals surface area (Å²) in [5.41, 5.74) is 0. The summed E-state index contributed by atoms with van der Waals surface area (Å²) in [4.78, 5) is 0. The monoisotopic (exact) mass is 152 g/mol. The van der Waals surface area contributed by atoms with Gasteiger partial charge in [-0.15, -0.1) is 0 Å². The van der Waals surface area contributed by atoms with Crippen molar-refractivity contribution in [1.82, 2.24) is 0 Å². The first-order valence-corrected chi connectivity index (χ1v) is 5.40. The van der Waals surface area contributed by atoms with Gasteiger partial charge in [-0.1, -0.05) is 32.6 Å². The maximum Gasteiger partial charge on any atom is -0.0383 e. The lowest BCUT2D eigenvalue weighted by atomic mass is 9.78. The second-order valence-corrected chi connectivity index (χ2v) is 4.57. The maximum atomic E-state index is 2.33. The van der Waals surface area contributed by atoms with Crippen molar-refractivity contribution in [3.8, 4) is 0 Å². The third-order valence-corrected chi connectivity index (χ3v) is 3.85. The second-order valence-electron chi connectivity index (χ2n) is 4.57. The predicted octanol–water partition coefficient (Wildman–Crippen LogP) is 3.61. The third kappa shape index (κ3) is 1.45. The molecule has 0 aromatic rings. The van der Waals surface area contributed by atoms with Crippen molar-refractivity contribution < 1.29 is 0 Å². The number of fused-ring (bicyclic) bond motifs is 2. The van der Waals surface area contributed by atoms with E-state index in [4.69, 9.17) is 0 Å². The molecule has 64 valence electrons. The lowest BCUT2D eigenvalue weighted by Crippen LogP contribution is -2.17. The second kappa shape index (κ2) is 3.16. The van der Waals surface area contributed by atoms with E-state index < -0.39 is 0 Å². The van der Waals surface area contributed by atoms with E-state index >= 15 is 0 Å². The molecule has 0 heteroatoms. The van der Waals surface area contributed by atoms with Crippen LogP contribution in [0.4, 0.5) is 0 Å². The van der Waals surface area contributed by atoms with Gasteiger partial charge in [0, 0.05) is 0 Å². The Morgan fingerprint density at radius 2 is 1.91 bits per heavy atom. The van der Waals surface area contributed by atoms with Crippen LogP contribution in [0.5, 0.6) is 0 Å². The van der Waals surface area contributed by atoms with Gasteiger partial charge in [0.15, 0.2) is 0 Å². The van der Waals surface area contributed by atoms with Crippen molar-refractivity contribution >= 4 is 0 Å². The maximum absolute atomic E-state index is 2.33. The fraction of sp³-hybridized carbons (Fsp3) is 1.00. The van der Waals surface area contributed by atoms with Gasteiger partial charge in [-0.05, 0) is 37.0 Å². The zero-order chi connectivity index (χ0) is 7.68. The van der Waals surface area contributed by atoms with Gasteiger partial charge in [-0.3, -0.25) is 0 Å². The van der Waals surface area contributed by atoms with E-state index in [0.29, 0.717) is 0 Å². The van der Waals surface area contributed by atoms with Crippen LogP contribution in [0, 0.1) is 17.8 Å². The van der Waals surface area contributed by atoms with Gasteiger partial charge >= 0.3 is 0 Å². The van der Waals surface area contributed by atoms with Crippen molar-refractivity contribution in [3.05, 3.63) is 0 Å². The summed E-state index contributed by atoms with van der Waals surface area (Å²) in [6, 6.07) is 0. The minimum absolute atomic E-state index is 1.12. The van der Waals surface area contributed by atoms with Crippen molar-refractivity contribution in [3.63, 3.8) is 0 Å². The largest absolute Gasteiger partial charge is 0.0654 e. The first-order chi connectivity index (χ1) is 5.40. The smallest absolute Gasteiger partial charge is 0.0383 e. The number of hydrogen-bond acceptors (Lipinski definition) is 0. The summed E-state index contributed by atoms with van der Waals surface area (Å²) >= 11 is 0. The normalized spacial score (nSPS) is 42.8.